The molecule has 2 aromatic rings. The Morgan fingerprint density at radius 3 is 2.58 bits per heavy atom. The van der Waals surface area contributed by atoms with E-state index in [2.05, 4.69) is 74.4 Å². The lowest BCUT2D eigenvalue weighted by molar-refractivity contribution is 0.329. The van der Waals surface area contributed by atoms with Gasteiger partial charge in [-0.1, -0.05) is 36.4 Å². The molecule has 3 heterocycles. The molecule has 1 aromatic carbocycles. The number of anilines is 1. The lowest BCUT2D eigenvalue weighted by atomic mass is 10.1. The minimum absolute atomic E-state index is 0.666. The molecule has 4 rings (SSSR count). The van der Waals surface area contributed by atoms with Crippen molar-refractivity contribution >= 4 is 11.8 Å². The van der Waals surface area contributed by atoms with E-state index in [1.807, 2.05) is 12.3 Å². The number of likely N-dealkylation sites (tertiary alicyclic amines) is 1. The summed E-state index contributed by atoms with van der Waals surface area (Å²) in [4.78, 5) is 16.9. The molecule has 1 aromatic heterocycles. The third-order valence-corrected chi connectivity index (χ3v) is 6.32. The molecule has 0 amide bonds. The van der Waals surface area contributed by atoms with Gasteiger partial charge in [-0.05, 0) is 49.9 Å². The minimum Gasteiger partial charge on any atom is -0.357 e. The maximum Gasteiger partial charge on any atom is 0.194 e. The van der Waals surface area contributed by atoms with Crippen molar-refractivity contribution < 1.29 is 0 Å². The second kappa shape index (κ2) is 11.1. The fraction of sp³-hybridized carbons (Fsp3) is 0.520. The van der Waals surface area contributed by atoms with Crippen molar-refractivity contribution in [1.29, 1.82) is 0 Å². The number of aromatic nitrogens is 1. The predicted molar refractivity (Wildman–Crippen MR) is 129 cm³/mol. The van der Waals surface area contributed by atoms with E-state index in [9.17, 15) is 0 Å². The Hall–Kier alpha value is -2.60. The van der Waals surface area contributed by atoms with Crippen LogP contribution in [0.4, 0.5) is 5.82 Å². The van der Waals surface area contributed by atoms with Gasteiger partial charge in [0.1, 0.15) is 5.82 Å². The van der Waals surface area contributed by atoms with Gasteiger partial charge < -0.3 is 20.0 Å². The zero-order chi connectivity index (χ0) is 21.3. The highest BCUT2D eigenvalue weighted by atomic mass is 15.4. The van der Waals surface area contributed by atoms with Crippen LogP contribution < -0.4 is 10.2 Å². The molecule has 6 heteroatoms. The maximum atomic E-state index is 5.04. The number of benzene rings is 1. The van der Waals surface area contributed by atoms with E-state index in [0.29, 0.717) is 5.92 Å². The zero-order valence-corrected chi connectivity index (χ0v) is 18.8. The molecule has 31 heavy (non-hydrogen) atoms. The molecular formula is C25H36N6. The summed E-state index contributed by atoms with van der Waals surface area (Å²) < 4.78 is 0. The summed E-state index contributed by atoms with van der Waals surface area (Å²) in [5, 5.41) is 3.52. The number of pyridine rings is 1. The minimum atomic E-state index is 0.666. The van der Waals surface area contributed by atoms with Gasteiger partial charge in [0.15, 0.2) is 5.96 Å². The summed E-state index contributed by atoms with van der Waals surface area (Å²) in [5.41, 5.74) is 1.43. The number of hydrogen-bond acceptors (Lipinski definition) is 4. The number of guanidine groups is 1. The molecule has 1 atom stereocenters. The fourth-order valence-electron chi connectivity index (χ4n) is 4.53. The van der Waals surface area contributed by atoms with Gasteiger partial charge in [0.05, 0.1) is 0 Å². The second-order valence-corrected chi connectivity index (χ2v) is 8.55. The normalized spacial score (nSPS) is 20.3. The first kappa shape index (κ1) is 21.6. The molecule has 2 aliphatic rings. The molecule has 1 unspecified atom stereocenters. The van der Waals surface area contributed by atoms with Gasteiger partial charge in [-0.25, -0.2) is 4.98 Å². The summed E-state index contributed by atoms with van der Waals surface area (Å²) >= 11 is 0. The van der Waals surface area contributed by atoms with Crippen LogP contribution in [0.5, 0.6) is 0 Å². The standard InChI is InChI=1S/C25H36N6/c1-2-26-25(31-18-16-30(17-19-31)24-10-6-7-13-27-24)28-20-23-12-15-29(21-23)14-11-22-8-4-3-5-9-22/h3-10,13,23H,2,11-12,14-21H2,1H3,(H,26,28). The van der Waals surface area contributed by atoms with Crippen LogP contribution in [0.1, 0.15) is 18.9 Å². The molecule has 2 aliphatic heterocycles. The van der Waals surface area contributed by atoms with E-state index >= 15 is 0 Å². The Bertz CT molecular complexity index is 801. The largest absolute Gasteiger partial charge is 0.357 e. The van der Waals surface area contributed by atoms with E-state index in [0.717, 1.165) is 64.0 Å². The lowest BCUT2D eigenvalue weighted by Gasteiger charge is -2.37. The molecule has 0 spiro atoms. The predicted octanol–water partition coefficient (Wildman–Crippen LogP) is 2.73. The highest BCUT2D eigenvalue weighted by Gasteiger charge is 2.24. The Labute approximate surface area is 187 Å². The van der Waals surface area contributed by atoms with Crippen molar-refractivity contribution in [2.45, 2.75) is 19.8 Å². The molecule has 2 saturated heterocycles. The molecule has 2 fully saturated rings. The van der Waals surface area contributed by atoms with Crippen LogP contribution in [0.15, 0.2) is 59.7 Å². The van der Waals surface area contributed by atoms with Gasteiger partial charge in [-0.2, -0.15) is 0 Å². The van der Waals surface area contributed by atoms with Crippen LogP contribution in [0.2, 0.25) is 0 Å². The van der Waals surface area contributed by atoms with Crippen LogP contribution in [-0.4, -0.2) is 79.6 Å². The van der Waals surface area contributed by atoms with Crippen LogP contribution in [0.3, 0.4) is 0 Å². The third-order valence-electron chi connectivity index (χ3n) is 6.32. The van der Waals surface area contributed by atoms with E-state index in [-0.39, 0.29) is 0 Å². The molecule has 0 bridgehead atoms. The number of nitrogens with one attached hydrogen (secondary N) is 1. The van der Waals surface area contributed by atoms with Gasteiger partial charge in [0.25, 0.3) is 0 Å². The number of nitrogens with zero attached hydrogens (tertiary/aromatic N) is 5. The number of aliphatic imine (C=N–C) groups is 1. The van der Waals surface area contributed by atoms with Gasteiger partial charge in [0.2, 0.25) is 0 Å². The monoisotopic (exact) mass is 420 g/mol. The van der Waals surface area contributed by atoms with Crippen LogP contribution in [-0.2, 0) is 6.42 Å². The first-order valence-electron chi connectivity index (χ1n) is 11.8. The van der Waals surface area contributed by atoms with Crippen molar-refractivity contribution in [2.24, 2.45) is 10.9 Å². The Kier molecular flexibility index (Phi) is 7.77. The second-order valence-electron chi connectivity index (χ2n) is 8.55. The van der Waals surface area contributed by atoms with Crippen molar-refractivity contribution in [2.75, 3.05) is 63.8 Å². The highest BCUT2D eigenvalue weighted by molar-refractivity contribution is 5.80. The van der Waals surface area contributed by atoms with E-state index in [1.54, 1.807) is 0 Å². The first-order valence-corrected chi connectivity index (χ1v) is 11.8. The summed E-state index contributed by atoms with van der Waals surface area (Å²) in [7, 11) is 0. The van der Waals surface area contributed by atoms with Gasteiger partial charge >= 0.3 is 0 Å². The topological polar surface area (TPSA) is 47.0 Å². The smallest absolute Gasteiger partial charge is 0.194 e. The SMILES string of the molecule is CCNC(=NCC1CCN(CCc2ccccc2)C1)N1CCN(c2ccccn2)CC1. The summed E-state index contributed by atoms with van der Waals surface area (Å²) in [6.45, 7) is 11.4. The molecule has 6 nitrogen and oxygen atoms in total. The molecule has 1 N–H and O–H groups in total. The first-order chi connectivity index (χ1) is 15.3. The van der Waals surface area contributed by atoms with E-state index < -0.39 is 0 Å². The molecule has 0 saturated carbocycles. The summed E-state index contributed by atoms with van der Waals surface area (Å²) in [6, 6.07) is 17.0. The van der Waals surface area contributed by atoms with Crippen LogP contribution in [0.25, 0.3) is 0 Å². The fourth-order valence-corrected chi connectivity index (χ4v) is 4.53. The third kappa shape index (κ3) is 6.20. The number of hydrogen-bond donors (Lipinski definition) is 1. The van der Waals surface area contributed by atoms with Gasteiger partial charge in [0, 0.05) is 58.6 Å². The Morgan fingerprint density at radius 2 is 1.84 bits per heavy atom. The summed E-state index contributed by atoms with van der Waals surface area (Å²) in [5.74, 6) is 2.82. The number of piperazine rings is 1. The maximum absolute atomic E-state index is 5.04. The zero-order valence-electron chi connectivity index (χ0n) is 18.8. The van der Waals surface area contributed by atoms with Crippen molar-refractivity contribution in [1.82, 2.24) is 20.1 Å². The quantitative estimate of drug-likeness (QED) is 0.551. The van der Waals surface area contributed by atoms with E-state index in [4.69, 9.17) is 4.99 Å². The Balaban J connectivity index is 1.24. The summed E-state index contributed by atoms with van der Waals surface area (Å²) in [6.07, 6.45) is 4.27. The van der Waals surface area contributed by atoms with E-state index in [1.165, 1.54) is 25.1 Å². The van der Waals surface area contributed by atoms with Crippen LogP contribution >= 0.6 is 0 Å². The Morgan fingerprint density at radius 1 is 1.03 bits per heavy atom. The van der Waals surface area contributed by atoms with Gasteiger partial charge in [-0.15, -0.1) is 0 Å². The molecule has 0 radical (unpaired) electrons. The number of rotatable bonds is 7. The van der Waals surface area contributed by atoms with Gasteiger partial charge in [-0.3, -0.25) is 4.99 Å². The van der Waals surface area contributed by atoms with Crippen molar-refractivity contribution in [3.63, 3.8) is 0 Å². The average Bonchev–Trinajstić information content (AvgIpc) is 3.30. The lowest BCUT2D eigenvalue weighted by Crippen LogP contribution is -2.52. The average molecular weight is 421 g/mol. The van der Waals surface area contributed by atoms with Crippen LogP contribution in [0, 0.1) is 5.92 Å². The van der Waals surface area contributed by atoms with Crippen molar-refractivity contribution in [3.05, 3.63) is 60.3 Å². The molecular weight excluding hydrogens is 384 g/mol. The molecule has 166 valence electrons. The molecule has 0 aliphatic carbocycles. The van der Waals surface area contributed by atoms with Crippen molar-refractivity contribution in [3.8, 4) is 0 Å². The highest BCUT2D eigenvalue weighted by Crippen LogP contribution is 2.18.